The molecule has 2 saturated heterocycles. The van der Waals surface area contributed by atoms with Crippen LogP contribution in [0.2, 0.25) is 0 Å². The van der Waals surface area contributed by atoms with E-state index in [2.05, 4.69) is 22.6 Å². The van der Waals surface area contributed by atoms with Crippen LogP contribution in [0.3, 0.4) is 0 Å². The van der Waals surface area contributed by atoms with Gasteiger partial charge < -0.3 is 10.2 Å². The molecule has 0 aliphatic carbocycles. The second-order valence-electron chi connectivity index (χ2n) is 7.33. The first-order valence-electron chi connectivity index (χ1n) is 9.32. The van der Waals surface area contributed by atoms with E-state index in [0.29, 0.717) is 18.3 Å². The molecule has 3 heterocycles. The number of rotatable bonds is 3. The molecule has 4 rings (SSSR count). The van der Waals surface area contributed by atoms with E-state index in [4.69, 9.17) is 0 Å². The van der Waals surface area contributed by atoms with Crippen LogP contribution in [-0.2, 0) is 0 Å². The predicted molar refractivity (Wildman–Crippen MR) is 95.1 cm³/mol. The highest BCUT2D eigenvalue weighted by Gasteiger charge is 2.37. The molecule has 0 spiro atoms. The third-order valence-corrected chi connectivity index (χ3v) is 5.56. The summed E-state index contributed by atoms with van der Waals surface area (Å²) in [5.41, 5.74) is 1.22. The normalized spacial score (nSPS) is 24.2. The van der Waals surface area contributed by atoms with E-state index in [0.717, 1.165) is 37.9 Å². The molecule has 0 radical (unpaired) electrons. The fourth-order valence-corrected chi connectivity index (χ4v) is 4.15. The van der Waals surface area contributed by atoms with Crippen molar-refractivity contribution in [2.24, 2.45) is 5.92 Å². The number of hydrogen-bond donors (Lipinski definition) is 1. The molecule has 1 aromatic carbocycles. The Hall–Kier alpha value is -2.28. The summed E-state index contributed by atoms with van der Waals surface area (Å²) in [6.45, 7) is 4.67. The van der Waals surface area contributed by atoms with Gasteiger partial charge in [0.2, 0.25) is 0 Å². The number of halogens is 1. The van der Waals surface area contributed by atoms with Crippen molar-refractivity contribution in [1.29, 1.82) is 0 Å². The highest BCUT2D eigenvalue weighted by atomic mass is 19.1. The number of nitrogens with zero attached hydrogens (tertiary/aromatic N) is 4. The quantitative estimate of drug-likeness (QED) is 0.917. The lowest BCUT2D eigenvalue weighted by molar-refractivity contribution is 0.0714. The summed E-state index contributed by atoms with van der Waals surface area (Å²) in [7, 11) is 0. The Kier molecular flexibility index (Phi) is 4.72. The van der Waals surface area contributed by atoms with Gasteiger partial charge in [-0.2, -0.15) is 0 Å². The molecule has 0 saturated carbocycles. The van der Waals surface area contributed by atoms with Crippen LogP contribution in [0.25, 0.3) is 0 Å². The standard InChI is InChI=1S/C19H24FN5O/c1-13-7-10-24(18(13)14-3-2-4-15(20)11-14)19(26)17-12-25(23-22-17)16-5-8-21-9-6-16/h2-4,11-13,16,18,21H,5-10H2,1H3/t13-,18-/m0/s1. The van der Waals surface area contributed by atoms with E-state index in [1.54, 1.807) is 12.3 Å². The van der Waals surface area contributed by atoms with Crippen LogP contribution in [0.1, 0.15) is 54.3 Å². The maximum atomic E-state index is 13.7. The van der Waals surface area contributed by atoms with Crippen LogP contribution in [-0.4, -0.2) is 45.4 Å². The Labute approximate surface area is 152 Å². The van der Waals surface area contributed by atoms with Crippen molar-refractivity contribution in [3.05, 3.63) is 47.5 Å². The minimum absolute atomic E-state index is 0.121. The lowest BCUT2D eigenvalue weighted by Gasteiger charge is -2.27. The maximum Gasteiger partial charge on any atom is 0.276 e. The fraction of sp³-hybridized carbons (Fsp3) is 0.526. The van der Waals surface area contributed by atoms with E-state index in [1.807, 2.05) is 15.6 Å². The lowest BCUT2D eigenvalue weighted by Crippen LogP contribution is -2.32. The Morgan fingerprint density at radius 2 is 2.08 bits per heavy atom. The predicted octanol–water partition coefficient (Wildman–Crippen LogP) is 2.57. The number of nitrogens with one attached hydrogen (secondary N) is 1. The Morgan fingerprint density at radius 3 is 2.85 bits per heavy atom. The smallest absolute Gasteiger partial charge is 0.276 e. The van der Waals surface area contributed by atoms with Gasteiger partial charge in [-0.05, 0) is 56.0 Å². The molecule has 138 valence electrons. The number of carbonyl (C=O) groups excluding carboxylic acids is 1. The molecular formula is C19H24FN5O. The molecule has 2 fully saturated rings. The molecule has 2 aromatic rings. The molecule has 6 nitrogen and oxygen atoms in total. The summed E-state index contributed by atoms with van der Waals surface area (Å²) in [5, 5.41) is 11.7. The number of benzene rings is 1. The fourth-order valence-electron chi connectivity index (χ4n) is 4.15. The van der Waals surface area contributed by atoms with Gasteiger partial charge in [0.1, 0.15) is 5.82 Å². The number of hydrogen-bond acceptors (Lipinski definition) is 4. The van der Waals surface area contributed by atoms with Gasteiger partial charge in [0.25, 0.3) is 5.91 Å². The second kappa shape index (κ2) is 7.15. The minimum atomic E-state index is -0.272. The van der Waals surface area contributed by atoms with E-state index >= 15 is 0 Å². The van der Waals surface area contributed by atoms with Gasteiger partial charge in [0.05, 0.1) is 18.3 Å². The van der Waals surface area contributed by atoms with E-state index in [1.165, 1.54) is 12.1 Å². The summed E-state index contributed by atoms with van der Waals surface area (Å²) in [6.07, 6.45) is 4.65. The average molecular weight is 357 g/mol. The average Bonchev–Trinajstić information content (AvgIpc) is 3.29. The molecule has 0 unspecified atom stereocenters. The van der Waals surface area contributed by atoms with Gasteiger partial charge in [-0.3, -0.25) is 4.79 Å². The summed E-state index contributed by atoms with van der Waals surface area (Å²) in [5.74, 6) is -0.116. The molecule has 2 aliphatic heterocycles. The third kappa shape index (κ3) is 3.23. The van der Waals surface area contributed by atoms with Crippen molar-refractivity contribution in [1.82, 2.24) is 25.2 Å². The lowest BCUT2D eigenvalue weighted by atomic mass is 9.95. The van der Waals surface area contributed by atoms with Crippen molar-refractivity contribution in [3.63, 3.8) is 0 Å². The van der Waals surface area contributed by atoms with Crippen LogP contribution in [0.15, 0.2) is 30.5 Å². The molecule has 7 heteroatoms. The van der Waals surface area contributed by atoms with Crippen LogP contribution >= 0.6 is 0 Å². The summed E-state index contributed by atoms with van der Waals surface area (Å²) >= 11 is 0. The summed E-state index contributed by atoms with van der Waals surface area (Å²) in [6, 6.07) is 6.72. The van der Waals surface area contributed by atoms with Crippen molar-refractivity contribution in [3.8, 4) is 0 Å². The zero-order chi connectivity index (χ0) is 18.1. The van der Waals surface area contributed by atoms with Crippen LogP contribution in [0, 0.1) is 11.7 Å². The monoisotopic (exact) mass is 357 g/mol. The Balaban J connectivity index is 1.56. The second-order valence-corrected chi connectivity index (χ2v) is 7.33. The molecule has 1 N–H and O–H groups in total. The summed E-state index contributed by atoms with van der Waals surface area (Å²) < 4.78 is 15.5. The van der Waals surface area contributed by atoms with Crippen LogP contribution in [0.4, 0.5) is 4.39 Å². The van der Waals surface area contributed by atoms with Gasteiger partial charge in [0, 0.05) is 6.54 Å². The molecular weight excluding hydrogens is 333 g/mol. The maximum absolute atomic E-state index is 13.7. The SMILES string of the molecule is C[C@H]1CCN(C(=O)c2cn(C3CCNCC3)nn2)[C@@H]1c1cccc(F)c1. The van der Waals surface area contributed by atoms with Crippen molar-refractivity contribution >= 4 is 5.91 Å². The number of likely N-dealkylation sites (tertiary alicyclic amines) is 1. The van der Waals surface area contributed by atoms with Crippen LogP contribution < -0.4 is 5.32 Å². The van der Waals surface area contributed by atoms with E-state index in [-0.39, 0.29) is 23.7 Å². The molecule has 26 heavy (non-hydrogen) atoms. The zero-order valence-electron chi connectivity index (χ0n) is 14.9. The minimum Gasteiger partial charge on any atom is -0.330 e. The highest BCUT2D eigenvalue weighted by molar-refractivity contribution is 5.92. The molecule has 2 atom stereocenters. The van der Waals surface area contributed by atoms with Crippen molar-refractivity contribution in [2.45, 2.75) is 38.3 Å². The summed E-state index contributed by atoms with van der Waals surface area (Å²) in [4.78, 5) is 14.9. The highest BCUT2D eigenvalue weighted by Crippen LogP contribution is 2.38. The van der Waals surface area contributed by atoms with E-state index in [9.17, 15) is 9.18 Å². The largest absolute Gasteiger partial charge is 0.330 e. The van der Waals surface area contributed by atoms with Gasteiger partial charge in [0.15, 0.2) is 5.69 Å². The first kappa shape index (κ1) is 17.1. The number of amides is 1. The first-order valence-corrected chi connectivity index (χ1v) is 9.32. The Bertz CT molecular complexity index is 786. The van der Waals surface area contributed by atoms with E-state index < -0.39 is 0 Å². The van der Waals surface area contributed by atoms with Gasteiger partial charge in [-0.25, -0.2) is 9.07 Å². The number of aromatic nitrogens is 3. The molecule has 1 amide bonds. The Morgan fingerprint density at radius 1 is 1.27 bits per heavy atom. The zero-order valence-corrected chi connectivity index (χ0v) is 14.9. The van der Waals surface area contributed by atoms with Crippen molar-refractivity contribution < 1.29 is 9.18 Å². The van der Waals surface area contributed by atoms with Gasteiger partial charge >= 0.3 is 0 Å². The topological polar surface area (TPSA) is 63.1 Å². The third-order valence-electron chi connectivity index (χ3n) is 5.56. The number of carbonyl (C=O) groups is 1. The first-order chi connectivity index (χ1) is 12.6. The molecule has 0 bridgehead atoms. The van der Waals surface area contributed by atoms with Gasteiger partial charge in [-0.15, -0.1) is 5.10 Å². The van der Waals surface area contributed by atoms with Crippen LogP contribution in [0.5, 0.6) is 0 Å². The number of piperidine rings is 1. The molecule has 1 aromatic heterocycles. The van der Waals surface area contributed by atoms with Crippen molar-refractivity contribution in [2.75, 3.05) is 19.6 Å². The van der Waals surface area contributed by atoms with Gasteiger partial charge in [-0.1, -0.05) is 24.3 Å². The molecule has 2 aliphatic rings.